The third kappa shape index (κ3) is 2.62. The summed E-state index contributed by atoms with van der Waals surface area (Å²) >= 11 is 6.05. The summed E-state index contributed by atoms with van der Waals surface area (Å²) in [6, 6.07) is 21.2. The number of rotatable bonds is 2. The van der Waals surface area contributed by atoms with Gasteiger partial charge in [-0.25, -0.2) is 9.97 Å². The second-order valence-electron chi connectivity index (χ2n) is 4.41. The Morgan fingerprint density at radius 1 is 0.762 bits per heavy atom. The Balaban J connectivity index is 2.29. The second-order valence-corrected chi connectivity index (χ2v) is 4.75. The van der Waals surface area contributed by atoms with Gasteiger partial charge in [-0.15, -0.1) is 0 Å². The lowest BCUT2D eigenvalue weighted by molar-refractivity contribution is 1.16. The zero-order valence-electron chi connectivity index (χ0n) is 11.0. The molecule has 3 rings (SSSR count). The van der Waals surface area contributed by atoms with Crippen LogP contribution < -0.4 is 0 Å². The summed E-state index contributed by atoms with van der Waals surface area (Å²) in [5.74, 6) is 0. The number of hydrogen-bond acceptors (Lipinski definition) is 3. The van der Waals surface area contributed by atoms with E-state index in [1.807, 2.05) is 60.7 Å². The quantitative estimate of drug-likeness (QED) is 0.660. The molecule has 0 N–H and O–H groups in total. The van der Waals surface area contributed by atoms with E-state index in [1.165, 1.54) is 0 Å². The Hall–Kier alpha value is -2.70. The van der Waals surface area contributed by atoms with Gasteiger partial charge < -0.3 is 0 Å². The number of benzene rings is 2. The Kier molecular flexibility index (Phi) is 3.63. The monoisotopic (exact) mass is 291 g/mol. The van der Waals surface area contributed by atoms with Crippen molar-refractivity contribution in [2.24, 2.45) is 0 Å². The van der Waals surface area contributed by atoms with Crippen molar-refractivity contribution in [3.05, 3.63) is 71.5 Å². The van der Waals surface area contributed by atoms with Gasteiger partial charge in [-0.1, -0.05) is 60.7 Å². The predicted molar refractivity (Wildman–Crippen MR) is 82.6 cm³/mol. The van der Waals surface area contributed by atoms with Crippen molar-refractivity contribution >= 4 is 11.6 Å². The van der Waals surface area contributed by atoms with Gasteiger partial charge in [0.2, 0.25) is 5.28 Å². The molecule has 0 saturated carbocycles. The molecule has 3 nitrogen and oxygen atoms in total. The van der Waals surface area contributed by atoms with Crippen LogP contribution in [-0.2, 0) is 0 Å². The van der Waals surface area contributed by atoms with E-state index in [4.69, 9.17) is 11.6 Å². The lowest BCUT2D eigenvalue weighted by Gasteiger charge is -2.09. The maximum atomic E-state index is 9.54. The van der Waals surface area contributed by atoms with Gasteiger partial charge in [-0.2, -0.15) is 5.26 Å². The minimum atomic E-state index is 0.131. The van der Waals surface area contributed by atoms with E-state index in [2.05, 4.69) is 16.0 Å². The summed E-state index contributed by atoms with van der Waals surface area (Å²) in [7, 11) is 0. The first-order chi connectivity index (χ1) is 10.3. The molecule has 0 aliphatic carbocycles. The van der Waals surface area contributed by atoms with Crippen LogP contribution in [-0.4, -0.2) is 9.97 Å². The minimum Gasteiger partial charge on any atom is -0.216 e. The first-order valence-electron chi connectivity index (χ1n) is 6.38. The summed E-state index contributed by atoms with van der Waals surface area (Å²) in [6.07, 6.45) is 0. The summed E-state index contributed by atoms with van der Waals surface area (Å²) in [4.78, 5) is 8.46. The van der Waals surface area contributed by atoms with Gasteiger partial charge in [0.05, 0.1) is 11.4 Å². The average molecular weight is 292 g/mol. The van der Waals surface area contributed by atoms with Crippen LogP contribution in [0.2, 0.25) is 5.28 Å². The van der Waals surface area contributed by atoms with Gasteiger partial charge in [0.25, 0.3) is 0 Å². The topological polar surface area (TPSA) is 49.6 Å². The van der Waals surface area contributed by atoms with Crippen LogP contribution >= 0.6 is 11.6 Å². The predicted octanol–water partition coefficient (Wildman–Crippen LogP) is 4.34. The molecule has 1 aromatic heterocycles. The number of aromatic nitrogens is 2. The van der Waals surface area contributed by atoms with Crippen molar-refractivity contribution in [2.75, 3.05) is 0 Å². The number of nitrogens with zero attached hydrogens (tertiary/aromatic N) is 3. The Morgan fingerprint density at radius 3 is 1.57 bits per heavy atom. The van der Waals surface area contributed by atoms with E-state index in [1.54, 1.807) is 0 Å². The molecule has 0 aliphatic rings. The fourth-order valence-corrected chi connectivity index (χ4v) is 2.32. The van der Waals surface area contributed by atoms with Crippen LogP contribution in [0.3, 0.4) is 0 Å². The van der Waals surface area contributed by atoms with Gasteiger partial charge in [0, 0.05) is 11.1 Å². The highest BCUT2D eigenvalue weighted by Gasteiger charge is 2.16. The van der Waals surface area contributed by atoms with Crippen LogP contribution in [0.15, 0.2) is 60.7 Å². The number of halogens is 1. The zero-order valence-corrected chi connectivity index (χ0v) is 11.7. The lowest BCUT2D eigenvalue weighted by atomic mass is 10.0. The largest absolute Gasteiger partial charge is 0.223 e. The molecule has 0 bridgehead atoms. The molecule has 3 aromatic rings. The molecule has 0 amide bonds. The van der Waals surface area contributed by atoms with Crippen LogP contribution in [0.1, 0.15) is 5.56 Å². The van der Waals surface area contributed by atoms with Crippen LogP contribution in [0.4, 0.5) is 0 Å². The molecule has 0 atom stereocenters. The van der Waals surface area contributed by atoms with E-state index < -0.39 is 0 Å². The van der Waals surface area contributed by atoms with E-state index in [-0.39, 0.29) is 5.28 Å². The fourth-order valence-electron chi connectivity index (χ4n) is 2.15. The van der Waals surface area contributed by atoms with Crippen molar-refractivity contribution in [2.45, 2.75) is 0 Å². The van der Waals surface area contributed by atoms with Crippen LogP contribution in [0.5, 0.6) is 0 Å². The third-order valence-electron chi connectivity index (χ3n) is 3.09. The van der Waals surface area contributed by atoms with Crippen molar-refractivity contribution < 1.29 is 0 Å². The van der Waals surface area contributed by atoms with Crippen molar-refractivity contribution in [1.82, 2.24) is 9.97 Å². The van der Waals surface area contributed by atoms with Gasteiger partial charge in [-0.05, 0) is 11.6 Å². The molecule has 100 valence electrons. The Bertz CT molecular complexity index is 748. The molecule has 0 radical (unpaired) electrons. The summed E-state index contributed by atoms with van der Waals surface area (Å²) in [5, 5.41) is 9.67. The highest BCUT2D eigenvalue weighted by Crippen LogP contribution is 2.30. The summed E-state index contributed by atoms with van der Waals surface area (Å²) in [5.41, 5.74) is 3.22. The fraction of sp³-hybridized carbons (Fsp3) is 0. The molecular weight excluding hydrogens is 282 g/mol. The molecule has 0 saturated heterocycles. The van der Waals surface area contributed by atoms with E-state index >= 15 is 0 Å². The normalized spacial score (nSPS) is 10.1. The molecule has 0 unspecified atom stereocenters. The number of nitriles is 1. The first-order valence-corrected chi connectivity index (χ1v) is 6.76. The van der Waals surface area contributed by atoms with Crippen molar-refractivity contribution in [3.8, 4) is 28.6 Å². The molecule has 0 aliphatic heterocycles. The Labute approximate surface area is 127 Å². The van der Waals surface area contributed by atoms with Crippen LogP contribution in [0, 0.1) is 11.3 Å². The second kappa shape index (κ2) is 5.74. The number of hydrogen-bond donors (Lipinski definition) is 0. The molecule has 2 aromatic carbocycles. The van der Waals surface area contributed by atoms with Crippen molar-refractivity contribution in [3.63, 3.8) is 0 Å². The molecule has 0 spiro atoms. The Morgan fingerprint density at radius 2 is 1.19 bits per heavy atom. The molecule has 21 heavy (non-hydrogen) atoms. The van der Waals surface area contributed by atoms with Crippen molar-refractivity contribution in [1.29, 1.82) is 5.26 Å². The zero-order chi connectivity index (χ0) is 14.7. The van der Waals surface area contributed by atoms with E-state index in [0.29, 0.717) is 17.0 Å². The third-order valence-corrected chi connectivity index (χ3v) is 3.26. The smallest absolute Gasteiger partial charge is 0.216 e. The molecule has 0 fully saturated rings. The first kappa shape index (κ1) is 13.3. The van der Waals surface area contributed by atoms with E-state index in [0.717, 1.165) is 11.1 Å². The van der Waals surface area contributed by atoms with Gasteiger partial charge >= 0.3 is 0 Å². The minimum absolute atomic E-state index is 0.131. The highest BCUT2D eigenvalue weighted by atomic mass is 35.5. The van der Waals surface area contributed by atoms with E-state index in [9.17, 15) is 5.26 Å². The summed E-state index contributed by atoms with van der Waals surface area (Å²) < 4.78 is 0. The van der Waals surface area contributed by atoms with Crippen LogP contribution in [0.25, 0.3) is 22.5 Å². The standard InChI is InChI=1S/C17H10ClN3/c18-17-20-15(12-7-3-1-4-8-12)14(11-19)16(21-17)13-9-5-2-6-10-13/h1-10H. The lowest BCUT2D eigenvalue weighted by Crippen LogP contribution is -1.98. The highest BCUT2D eigenvalue weighted by molar-refractivity contribution is 6.28. The SMILES string of the molecule is N#Cc1c(-c2ccccc2)nc(Cl)nc1-c1ccccc1. The maximum Gasteiger partial charge on any atom is 0.223 e. The van der Waals surface area contributed by atoms with Gasteiger partial charge in [-0.3, -0.25) is 0 Å². The molecule has 1 heterocycles. The average Bonchev–Trinajstić information content (AvgIpc) is 2.55. The van der Waals surface area contributed by atoms with Gasteiger partial charge in [0.15, 0.2) is 0 Å². The summed E-state index contributed by atoms with van der Waals surface area (Å²) in [6.45, 7) is 0. The van der Waals surface area contributed by atoms with Gasteiger partial charge in [0.1, 0.15) is 11.6 Å². The maximum absolute atomic E-state index is 9.54. The molecular formula is C17H10ClN3. The molecule has 4 heteroatoms.